The summed E-state index contributed by atoms with van der Waals surface area (Å²) in [5.74, 6) is -0.701. The molecule has 1 N–H and O–H groups in total. The number of aliphatic hydroxyl groups excluding tert-OH is 1. The highest BCUT2D eigenvalue weighted by atomic mass is 19.1. The number of ether oxygens (including phenoxy) is 1. The van der Waals surface area contributed by atoms with E-state index < -0.39 is 17.7 Å². The van der Waals surface area contributed by atoms with Crippen LogP contribution in [0.2, 0.25) is 0 Å². The first-order chi connectivity index (χ1) is 9.16. The summed E-state index contributed by atoms with van der Waals surface area (Å²) in [6.07, 6.45) is -1.09. The first-order valence-corrected chi connectivity index (χ1v) is 5.95. The third-order valence-corrected chi connectivity index (χ3v) is 2.69. The molecule has 4 heteroatoms. The third kappa shape index (κ3) is 3.76. The summed E-state index contributed by atoms with van der Waals surface area (Å²) in [5.41, 5.74) is -0.119. The minimum absolute atomic E-state index is 0.0161. The molecule has 0 fully saturated rings. The number of hydrogen-bond acceptors (Lipinski definition) is 2. The zero-order valence-corrected chi connectivity index (χ0v) is 10.2. The van der Waals surface area contributed by atoms with E-state index in [4.69, 9.17) is 4.74 Å². The van der Waals surface area contributed by atoms with Crippen LogP contribution in [0.5, 0.6) is 5.75 Å². The van der Waals surface area contributed by atoms with E-state index in [0.717, 1.165) is 0 Å². The maximum absolute atomic E-state index is 13.4. The molecular formula is C15H14F2O2. The van der Waals surface area contributed by atoms with Gasteiger partial charge in [0.15, 0.2) is 0 Å². The van der Waals surface area contributed by atoms with Crippen molar-refractivity contribution in [3.8, 4) is 5.75 Å². The lowest BCUT2D eigenvalue weighted by Gasteiger charge is -2.13. The Labute approximate surface area is 110 Å². The first-order valence-electron chi connectivity index (χ1n) is 5.95. The van der Waals surface area contributed by atoms with E-state index >= 15 is 0 Å². The van der Waals surface area contributed by atoms with Crippen LogP contribution in [-0.2, 0) is 6.42 Å². The van der Waals surface area contributed by atoms with Gasteiger partial charge in [0.1, 0.15) is 24.0 Å². The summed E-state index contributed by atoms with van der Waals surface area (Å²) in [6.45, 7) is -0.0161. The second-order valence-corrected chi connectivity index (χ2v) is 4.18. The molecule has 0 radical (unpaired) electrons. The number of para-hydroxylation sites is 1. The van der Waals surface area contributed by atoms with Crippen molar-refractivity contribution in [3.05, 3.63) is 65.7 Å². The van der Waals surface area contributed by atoms with Crippen LogP contribution in [0.25, 0.3) is 0 Å². The van der Waals surface area contributed by atoms with Crippen molar-refractivity contribution >= 4 is 0 Å². The van der Waals surface area contributed by atoms with E-state index in [-0.39, 0.29) is 18.6 Å². The number of hydrogen-bond donors (Lipinski definition) is 1. The molecule has 0 aliphatic heterocycles. The fourth-order valence-electron chi connectivity index (χ4n) is 1.73. The summed E-state index contributed by atoms with van der Waals surface area (Å²) in [5, 5.41) is 9.75. The van der Waals surface area contributed by atoms with Crippen LogP contribution in [0.1, 0.15) is 5.56 Å². The molecule has 0 heterocycles. The van der Waals surface area contributed by atoms with Gasteiger partial charge in [-0.25, -0.2) is 8.78 Å². The van der Waals surface area contributed by atoms with Crippen LogP contribution in [0.4, 0.5) is 8.78 Å². The second kappa shape index (κ2) is 6.29. The van der Waals surface area contributed by atoms with Crippen molar-refractivity contribution in [2.75, 3.05) is 6.61 Å². The van der Waals surface area contributed by atoms with Gasteiger partial charge in [-0.3, -0.25) is 0 Å². The van der Waals surface area contributed by atoms with Crippen molar-refractivity contribution in [2.45, 2.75) is 12.5 Å². The summed E-state index contributed by atoms with van der Waals surface area (Å²) < 4.78 is 32.1. The van der Waals surface area contributed by atoms with E-state index in [1.165, 1.54) is 18.2 Å². The van der Waals surface area contributed by atoms with E-state index in [1.54, 1.807) is 24.3 Å². The van der Waals surface area contributed by atoms with Gasteiger partial charge in [-0.15, -0.1) is 0 Å². The lowest BCUT2D eigenvalue weighted by molar-refractivity contribution is 0.106. The van der Waals surface area contributed by atoms with Crippen LogP contribution in [0.15, 0.2) is 48.5 Å². The normalized spacial score (nSPS) is 12.2. The molecule has 19 heavy (non-hydrogen) atoms. The second-order valence-electron chi connectivity index (χ2n) is 4.18. The van der Waals surface area contributed by atoms with Gasteiger partial charge in [0, 0.05) is 12.0 Å². The average molecular weight is 264 g/mol. The van der Waals surface area contributed by atoms with E-state index in [0.29, 0.717) is 5.75 Å². The van der Waals surface area contributed by atoms with Gasteiger partial charge in [0.05, 0.1) is 6.10 Å². The number of rotatable bonds is 5. The fraction of sp³-hybridized carbons (Fsp3) is 0.200. The average Bonchev–Trinajstić information content (AvgIpc) is 2.42. The molecule has 0 amide bonds. The number of aliphatic hydroxyl groups is 1. The summed E-state index contributed by atoms with van der Waals surface area (Å²) in [4.78, 5) is 0. The molecule has 2 aromatic carbocycles. The molecule has 0 aliphatic carbocycles. The molecule has 2 rings (SSSR count). The highest BCUT2D eigenvalue weighted by Crippen LogP contribution is 2.15. The predicted octanol–water partition coefficient (Wildman–Crippen LogP) is 2.95. The lowest BCUT2D eigenvalue weighted by Crippen LogP contribution is -2.21. The molecule has 0 spiro atoms. The van der Waals surface area contributed by atoms with Crippen molar-refractivity contribution in [1.29, 1.82) is 0 Å². The van der Waals surface area contributed by atoms with Crippen molar-refractivity contribution in [3.63, 3.8) is 0 Å². The smallest absolute Gasteiger partial charge is 0.129 e. The standard InChI is InChI=1S/C15H14F2O2/c16-14-7-4-8-15(17)13(14)9-11(18)10-19-12-5-2-1-3-6-12/h1-8,11,18H,9-10H2. The van der Waals surface area contributed by atoms with Gasteiger partial charge in [-0.2, -0.15) is 0 Å². The summed E-state index contributed by atoms with van der Waals surface area (Å²) in [7, 11) is 0. The van der Waals surface area contributed by atoms with Crippen LogP contribution in [0.3, 0.4) is 0 Å². The zero-order valence-electron chi connectivity index (χ0n) is 10.2. The molecule has 0 saturated carbocycles. The number of halogens is 2. The highest BCUT2D eigenvalue weighted by Gasteiger charge is 2.14. The minimum Gasteiger partial charge on any atom is -0.491 e. The molecule has 2 nitrogen and oxygen atoms in total. The summed E-state index contributed by atoms with van der Waals surface area (Å²) >= 11 is 0. The SMILES string of the molecule is OC(COc1ccccc1)Cc1c(F)cccc1F. The molecule has 0 bridgehead atoms. The fourth-order valence-corrected chi connectivity index (χ4v) is 1.73. The van der Waals surface area contributed by atoms with Crippen LogP contribution in [-0.4, -0.2) is 17.8 Å². The van der Waals surface area contributed by atoms with Crippen LogP contribution >= 0.6 is 0 Å². The predicted molar refractivity (Wildman–Crippen MR) is 68.0 cm³/mol. The molecule has 1 unspecified atom stereocenters. The van der Waals surface area contributed by atoms with Crippen LogP contribution in [0, 0.1) is 11.6 Å². The van der Waals surface area contributed by atoms with Crippen molar-refractivity contribution < 1.29 is 18.6 Å². The Morgan fingerprint density at radius 1 is 0.947 bits per heavy atom. The van der Waals surface area contributed by atoms with E-state index in [9.17, 15) is 13.9 Å². The third-order valence-electron chi connectivity index (χ3n) is 2.69. The van der Waals surface area contributed by atoms with Gasteiger partial charge in [-0.1, -0.05) is 24.3 Å². The van der Waals surface area contributed by atoms with Gasteiger partial charge in [0.25, 0.3) is 0 Å². The highest BCUT2D eigenvalue weighted by molar-refractivity contribution is 5.22. The Bertz CT molecular complexity index is 509. The molecular weight excluding hydrogens is 250 g/mol. The maximum atomic E-state index is 13.4. The Morgan fingerprint density at radius 2 is 1.58 bits per heavy atom. The lowest BCUT2D eigenvalue weighted by atomic mass is 10.1. The Hall–Kier alpha value is -1.94. The summed E-state index contributed by atoms with van der Waals surface area (Å²) in [6, 6.07) is 12.6. The van der Waals surface area contributed by atoms with Crippen LogP contribution < -0.4 is 4.74 Å². The van der Waals surface area contributed by atoms with Crippen molar-refractivity contribution in [1.82, 2.24) is 0 Å². The molecule has 0 aromatic heterocycles. The topological polar surface area (TPSA) is 29.5 Å². The molecule has 1 atom stereocenters. The molecule has 0 saturated heterocycles. The minimum atomic E-state index is -0.966. The molecule has 100 valence electrons. The maximum Gasteiger partial charge on any atom is 0.129 e. The number of benzene rings is 2. The Morgan fingerprint density at radius 3 is 2.21 bits per heavy atom. The van der Waals surface area contributed by atoms with Gasteiger partial charge in [-0.05, 0) is 24.3 Å². The van der Waals surface area contributed by atoms with E-state index in [2.05, 4.69) is 0 Å². The van der Waals surface area contributed by atoms with E-state index in [1.807, 2.05) is 6.07 Å². The zero-order chi connectivity index (χ0) is 13.7. The monoisotopic (exact) mass is 264 g/mol. The molecule has 2 aromatic rings. The first kappa shape index (κ1) is 13.5. The largest absolute Gasteiger partial charge is 0.491 e. The van der Waals surface area contributed by atoms with Gasteiger partial charge >= 0.3 is 0 Å². The van der Waals surface area contributed by atoms with Gasteiger partial charge < -0.3 is 9.84 Å². The Kier molecular flexibility index (Phi) is 4.47. The van der Waals surface area contributed by atoms with Gasteiger partial charge in [0.2, 0.25) is 0 Å². The van der Waals surface area contributed by atoms with Crippen molar-refractivity contribution in [2.24, 2.45) is 0 Å². The molecule has 0 aliphatic rings. The quantitative estimate of drug-likeness (QED) is 0.899. The Balaban J connectivity index is 1.93.